The van der Waals surface area contributed by atoms with Crippen LogP contribution in [0, 0.1) is 13.8 Å². The van der Waals surface area contributed by atoms with Crippen LogP contribution in [-0.4, -0.2) is 37.5 Å². The van der Waals surface area contributed by atoms with Gasteiger partial charge in [0.15, 0.2) is 0 Å². The highest BCUT2D eigenvalue weighted by Gasteiger charge is 2.24. The summed E-state index contributed by atoms with van der Waals surface area (Å²) >= 11 is 0. The van der Waals surface area contributed by atoms with Crippen molar-refractivity contribution < 1.29 is 4.79 Å². The molecule has 0 aliphatic carbocycles. The number of aryl methyl sites for hydroxylation is 2. The van der Waals surface area contributed by atoms with Gasteiger partial charge in [-0.05, 0) is 25.8 Å². The maximum Gasteiger partial charge on any atom is 0.223 e. The number of H-pyrrole nitrogens is 2. The molecule has 1 aliphatic heterocycles. The van der Waals surface area contributed by atoms with Crippen LogP contribution < -0.4 is 0 Å². The van der Waals surface area contributed by atoms with Gasteiger partial charge in [-0.15, -0.1) is 0 Å². The lowest BCUT2D eigenvalue weighted by Crippen LogP contribution is -2.36. The first kappa shape index (κ1) is 16.6. The molecule has 3 heterocycles. The predicted molar refractivity (Wildman–Crippen MR) is 99.5 cm³/mol. The Labute approximate surface area is 152 Å². The molecule has 26 heavy (non-hydrogen) atoms. The summed E-state index contributed by atoms with van der Waals surface area (Å²) in [6.07, 6.45) is 2.04. The van der Waals surface area contributed by atoms with Gasteiger partial charge >= 0.3 is 0 Å². The number of carbonyl (C=O) groups is 1. The molecular weight excluding hydrogens is 326 g/mol. The van der Waals surface area contributed by atoms with Crippen LogP contribution in [0.3, 0.4) is 0 Å². The molecule has 0 unspecified atom stereocenters. The second-order valence-corrected chi connectivity index (χ2v) is 6.85. The van der Waals surface area contributed by atoms with E-state index in [4.69, 9.17) is 4.98 Å². The van der Waals surface area contributed by atoms with E-state index in [0.717, 1.165) is 59.1 Å². The normalized spacial score (nSPS) is 13.7. The molecule has 0 spiro atoms. The number of carbonyl (C=O) groups excluding carboxylic acids is 1. The average Bonchev–Trinajstić information content (AvgIpc) is 3.23. The van der Waals surface area contributed by atoms with Gasteiger partial charge in [0.1, 0.15) is 5.82 Å². The van der Waals surface area contributed by atoms with Crippen molar-refractivity contribution in [3.05, 3.63) is 58.7 Å². The van der Waals surface area contributed by atoms with E-state index in [1.807, 2.05) is 49.1 Å². The van der Waals surface area contributed by atoms with Crippen LogP contribution in [-0.2, 0) is 24.2 Å². The van der Waals surface area contributed by atoms with Gasteiger partial charge in [0.25, 0.3) is 0 Å². The van der Waals surface area contributed by atoms with Gasteiger partial charge in [-0.2, -0.15) is 5.10 Å². The molecule has 1 aromatic carbocycles. The quantitative estimate of drug-likeness (QED) is 0.760. The number of rotatable bonds is 4. The summed E-state index contributed by atoms with van der Waals surface area (Å²) in [7, 11) is 0. The first-order valence-corrected chi connectivity index (χ1v) is 9.03. The minimum Gasteiger partial charge on any atom is -0.340 e. The maximum atomic E-state index is 12.7. The molecule has 0 saturated heterocycles. The third kappa shape index (κ3) is 3.14. The third-order valence-electron chi connectivity index (χ3n) is 5.10. The topological polar surface area (TPSA) is 77.7 Å². The summed E-state index contributed by atoms with van der Waals surface area (Å²) in [4.78, 5) is 22.7. The Balaban J connectivity index is 1.43. The molecule has 2 N–H and O–H groups in total. The van der Waals surface area contributed by atoms with Crippen LogP contribution in [0.25, 0.3) is 11.4 Å². The van der Waals surface area contributed by atoms with Crippen LogP contribution in [0.4, 0.5) is 0 Å². The summed E-state index contributed by atoms with van der Waals surface area (Å²) in [5.74, 6) is 1.07. The Morgan fingerprint density at radius 1 is 1.23 bits per heavy atom. The minimum absolute atomic E-state index is 0.187. The number of imidazole rings is 1. The second kappa shape index (κ2) is 6.78. The molecule has 0 saturated carbocycles. The van der Waals surface area contributed by atoms with E-state index in [0.29, 0.717) is 13.0 Å². The highest BCUT2D eigenvalue weighted by molar-refractivity contribution is 5.76. The van der Waals surface area contributed by atoms with Crippen molar-refractivity contribution in [1.29, 1.82) is 0 Å². The van der Waals surface area contributed by atoms with Gasteiger partial charge in [0, 0.05) is 30.6 Å². The zero-order valence-electron chi connectivity index (χ0n) is 15.2. The van der Waals surface area contributed by atoms with Gasteiger partial charge in [-0.25, -0.2) is 4.98 Å². The molecule has 3 aromatic rings. The van der Waals surface area contributed by atoms with E-state index >= 15 is 0 Å². The van der Waals surface area contributed by atoms with Gasteiger partial charge in [-0.1, -0.05) is 30.3 Å². The largest absolute Gasteiger partial charge is 0.340 e. The van der Waals surface area contributed by atoms with Crippen LogP contribution in [0.15, 0.2) is 30.3 Å². The summed E-state index contributed by atoms with van der Waals surface area (Å²) < 4.78 is 0. The molecule has 1 aliphatic rings. The molecular formula is C20H23N5O. The summed E-state index contributed by atoms with van der Waals surface area (Å²) in [6.45, 7) is 5.32. The van der Waals surface area contributed by atoms with Gasteiger partial charge in [0.2, 0.25) is 5.91 Å². The minimum atomic E-state index is 0.187. The summed E-state index contributed by atoms with van der Waals surface area (Å²) in [5.41, 5.74) is 6.40. The molecule has 0 atom stereocenters. The molecule has 2 aromatic heterocycles. The Kier molecular flexibility index (Phi) is 4.32. The van der Waals surface area contributed by atoms with Crippen LogP contribution in [0.1, 0.15) is 34.8 Å². The summed E-state index contributed by atoms with van der Waals surface area (Å²) in [5, 5.41) is 7.19. The van der Waals surface area contributed by atoms with Crippen molar-refractivity contribution >= 4 is 5.91 Å². The highest BCUT2D eigenvalue weighted by Crippen LogP contribution is 2.23. The van der Waals surface area contributed by atoms with Crippen molar-refractivity contribution in [3.8, 4) is 11.4 Å². The maximum absolute atomic E-state index is 12.7. The number of amides is 1. The smallest absolute Gasteiger partial charge is 0.223 e. The standard InChI is InChI=1S/C20H23N5O/c1-13-16(14(2)24-23-13)8-9-19(26)25-11-10-17-18(12-25)22-20(21-17)15-6-4-3-5-7-15/h3-7H,8-12H2,1-2H3,(H,21,22)(H,23,24). The fraction of sp³-hybridized carbons (Fsp3) is 0.350. The zero-order valence-corrected chi connectivity index (χ0v) is 15.2. The number of benzene rings is 1. The number of hydrogen-bond donors (Lipinski definition) is 2. The summed E-state index contributed by atoms with van der Waals surface area (Å²) in [6, 6.07) is 10.1. The lowest BCUT2D eigenvalue weighted by Gasteiger charge is -2.26. The Hall–Kier alpha value is -2.89. The van der Waals surface area contributed by atoms with Crippen molar-refractivity contribution in [1.82, 2.24) is 25.1 Å². The van der Waals surface area contributed by atoms with Crippen molar-refractivity contribution in [2.75, 3.05) is 6.54 Å². The molecule has 134 valence electrons. The SMILES string of the molecule is Cc1n[nH]c(C)c1CCC(=O)N1CCc2nc(-c3ccccc3)[nH]c2C1. The van der Waals surface area contributed by atoms with Gasteiger partial charge < -0.3 is 9.88 Å². The first-order chi connectivity index (χ1) is 12.6. The van der Waals surface area contributed by atoms with Crippen molar-refractivity contribution in [3.63, 3.8) is 0 Å². The zero-order chi connectivity index (χ0) is 18.1. The number of aromatic nitrogens is 4. The number of fused-ring (bicyclic) bond motifs is 1. The second-order valence-electron chi connectivity index (χ2n) is 6.85. The van der Waals surface area contributed by atoms with Gasteiger partial charge in [-0.3, -0.25) is 9.89 Å². The lowest BCUT2D eigenvalue weighted by atomic mass is 10.1. The Bertz CT molecular complexity index is 906. The Morgan fingerprint density at radius 2 is 2.04 bits per heavy atom. The number of nitrogens with zero attached hydrogens (tertiary/aromatic N) is 3. The number of aromatic amines is 2. The van der Waals surface area contributed by atoms with E-state index in [1.54, 1.807) is 0 Å². The first-order valence-electron chi connectivity index (χ1n) is 9.03. The highest BCUT2D eigenvalue weighted by atomic mass is 16.2. The van der Waals surface area contributed by atoms with Crippen LogP contribution >= 0.6 is 0 Å². The van der Waals surface area contributed by atoms with Crippen molar-refractivity contribution in [2.45, 2.75) is 39.7 Å². The van der Waals surface area contributed by atoms with E-state index in [9.17, 15) is 4.79 Å². The number of hydrogen-bond acceptors (Lipinski definition) is 3. The van der Waals surface area contributed by atoms with E-state index < -0.39 is 0 Å². The molecule has 0 bridgehead atoms. The molecule has 6 heteroatoms. The van der Waals surface area contributed by atoms with Crippen molar-refractivity contribution in [2.24, 2.45) is 0 Å². The van der Waals surface area contributed by atoms with Gasteiger partial charge in [0.05, 0.1) is 23.6 Å². The number of nitrogens with one attached hydrogen (secondary N) is 2. The molecule has 4 rings (SSSR count). The molecule has 0 radical (unpaired) electrons. The van der Waals surface area contributed by atoms with E-state index in [2.05, 4.69) is 15.2 Å². The third-order valence-corrected chi connectivity index (χ3v) is 5.10. The predicted octanol–water partition coefficient (Wildman–Crippen LogP) is 2.93. The fourth-order valence-corrected chi connectivity index (χ4v) is 3.57. The monoisotopic (exact) mass is 349 g/mol. The van der Waals surface area contributed by atoms with Crippen LogP contribution in [0.2, 0.25) is 0 Å². The van der Waals surface area contributed by atoms with E-state index in [-0.39, 0.29) is 5.91 Å². The molecule has 1 amide bonds. The lowest BCUT2D eigenvalue weighted by molar-refractivity contribution is -0.132. The van der Waals surface area contributed by atoms with E-state index in [1.165, 1.54) is 0 Å². The molecule has 0 fully saturated rings. The van der Waals surface area contributed by atoms with Crippen LogP contribution in [0.5, 0.6) is 0 Å². The average molecular weight is 349 g/mol. The Morgan fingerprint density at radius 3 is 2.77 bits per heavy atom. The fourth-order valence-electron chi connectivity index (χ4n) is 3.57. The molecule has 6 nitrogen and oxygen atoms in total.